The Labute approximate surface area is 115 Å². The highest BCUT2D eigenvalue weighted by molar-refractivity contribution is 5.73. The molecule has 1 aliphatic carbocycles. The maximum absolute atomic E-state index is 6.11. The number of hydrogen-bond donors (Lipinski definition) is 2. The van der Waals surface area contributed by atoms with E-state index < -0.39 is 0 Å². The number of nitrogen functional groups attached to an aromatic ring is 1. The molecule has 0 atom stereocenters. The molecular formula is C15H24N2O2. The van der Waals surface area contributed by atoms with Crippen LogP contribution < -0.4 is 15.8 Å². The number of benzene rings is 1. The number of hydrogen-bond acceptors (Lipinski definition) is 4. The number of nitrogens with one attached hydrogen (secondary N) is 1. The summed E-state index contributed by atoms with van der Waals surface area (Å²) >= 11 is 0. The fourth-order valence-electron chi connectivity index (χ4n) is 2.27. The molecule has 106 valence electrons. The van der Waals surface area contributed by atoms with Crippen LogP contribution in [0.15, 0.2) is 18.2 Å². The second kappa shape index (κ2) is 6.15. The molecular weight excluding hydrogens is 240 g/mol. The van der Waals surface area contributed by atoms with Crippen molar-refractivity contribution in [3.63, 3.8) is 0 Å². The van der Waals surface area contributed by atoms with Crippen molar-refractivity contribution in [1.82, 2.24) is 0 Å². The topological polar surface area (TPSA) is 56.5 Å². The summed E-state index contributed by atoms with van der Waals surface area (Å²) < 4.78 is 10.7. The van der Waals surface area contributed by atoms with E-state index in [0.717, 1.165) is 31.0 Å². The number of anilines is 2. The fourth-order valence-corrected chi connectivity index (χ4v) is 2.27. The Hall–Kier alpha value is -1.42. The molecule has 0 bridgehead atoms. The van der Waals surface area contributed by atoms with Crippen molar-refractivity contribution in [2.75, 3.05) is 37.9 Å². The summed E-state index contributed by atoms with van der Waals surface area (Å²) in [6.45, 7) is 4.38. The summed E-state index contributed by atoms with van der Waals surface area (Å²) in [5, 5.41) is 3.46. The van der Waals surface area contributed by atoms with E-state index in [9.17, 15) is 0 Å². The van der Waals surface area contributed by atoms with Crippen LogP contribution in [0.25, 0.3) is 0 Å². The molecule has 0 unspecified atom stereocenters. The zero-order valence-corrected chi connectivity index (χ0v) is 11.9. The van der Waals surface area contributed by atoms with Gasteiger partial charge in [-0.3, -0.25) is 0 Å². The predicted octanol–water partition coefficient (Wildman–Crippen LogP) is 2.90. The van der Waals surface area contributed by atoms with Crippen molar-refractivity contribution in [3.8, 4) is 5.75 Å². The molecule has 0 heterocycles. The summed E-state index contributed by atoms with van der Waals surface area (Å²) in [6.07, 6.45) is 3.66. The second-order valence-corrected chi connectivity index (χ2v) is 5.25. The minimum absolute atomic E-state index is 0.407. The summed E-state index contributed by atoms with van der Waals surface area (Å²) in [5.41, 5.74) is 8.18. The normalized spacial score (nSPS) is 16.1. The number of methoxy groups -OCH3 is 1. The van der Waals surface area contributed by atoms with Crippen LogP contribution in [0.2, 0.25) is 0 Å². The minimum atomic E-state index is 0.407. The lowest BCUT2D eigenvalue weighted by molar-refractivity contribution is 0.175. The minimum Gasteiger partial charge on any atom is -0.492 e. The van der Waals surface area contributed by atoms with Gasteiger partial charge in [0.2, 0.25) is 0 Å². The number of rotatable bonds is 8. The van der Waals surface area contributed by atoms with Crippen LogP contribution in [0.3, 0.4) is 0 Å². The molecule has 1 aromatic carbocycles. The largest absolute Gasteiger partial charge is 0.492 e. The Morgan fingerprint density at radius 3 is 2.79 bits per heavy atom. The molecule has 1 aliphatic rings. The quantitative estimate of drug-likeness (QED) is 0.709. The van der Waals surface area contributed by atoms with Gasteiger partial charge >= 0.3 is 0 Å². The maximum Gasteiger partial charge on any atom is 0.144 e. The molecule has 4 heteroatoms. The van der Waals surface area contributed by atoms with E-state index in [0.29, 0.717) is 17.7 Å². The van der Waals surface area contributed by atoms with Crippen LogP contribution in [-0.4, -0.2) is 26.9 Å². The van der Waals surface area contributed by atoms with Gasteiger partial charge in [-0.25, -0.2) is 0 Å². The first-order valence-electron chi connectivity index (χ1n) is 6.95. The third-order valence-corrected chi connectivity index (χ3v) is 3.81. The number of ether oxygens (including phenoxy) is 2. The van der Waals surface area contributed by atoms with E-state index in [4.69, 9.17) is 15.2 Å². The first kappa shape index (κ1) is 14.0. The molecule has 0 radical (unpaired) electrons. The Morgan fingerprint density at radius 2 is 2.16 bits per heavy atom. The van der Waals surface area contributed by atoms with Crippen LogP contribution in [-0.2, 0) is 4.74 Å². The first-order chi connectivity index (χ1) is 9.21. The highest BCUT2D eigenvalue weighted by Gasteiger charge is 2.41. The molecule has 19 heavy (non-hydrogen) atoms. The third kappa shape index (κ3) is 3.53. The first-order valence-corrected chi connectivity index (χ1v) is 6.95. The van der Waals surface area contributed by atoms with Gasteiger partial charge in [0.25, 0.3) is 0 Å². The van der Waals surface area contributed by atoms with Crippen LogP contribution in [0.1, 0.15) is 26.2 Å². The smallest absolute Gasteiger partial charge is 0.144 e. The lowest BCUT2D eigenvalue weighted by Crippen LogP contribution is -2.18. The van der Waals surface area contributed by atoms with Crippen molar-refractivity contribution in [1.29, 1.82) is 0 Å². The summed E-state index contributed by atoms with van der Waals surface area (Å²) in [6, 6.07) is 5.88. The molecule has 0 aliphatic heterocycles. The van der Waals surface area contributed by atoms with Crippen LogP contribution in [0.4, 0.5) is 11.4 Å². The van der Waals surface area contributed by atoms with Gasteiger partial charge in [-0.15, -0.1) is 0 Å². The van der Waals surface area contributed by atoms with Gasteiger partial charge in [0.1, 0.15) is 5.75 Å². The SMILES string of the molecule is CCOc1cccc(NCC2(CCOC)CC2)c1N. The van der Waals surface area contributed by atoms with E-state index >= 15 is 0 Å². The fraction of sp³-hybridized carbons (Fsp3) is 0.600. The molecule has 0 amide bonds. The Bertz CT molecular complexity index is 417. The van der Waals surface area contributed by atoms with Gasteiger partial charge < -0.3 is 20.5 Å². The molecule has 1 saturated carbocycles. The zero-order chi connectivity index (χ0) is 13.7. The van der Waals surface area contributed by atoms with Crippen molar-refractivity contribution in [3.05, 3.63) is 18.2 Å². The molecule has 3 N–H and O–H groups in total. The van der Waals surface area contributed by atoms with E-state index in [1.807, 2.05) is 25.1 Å². The van der Waals surface area contributed by atoms with Crippen molar-refractivity contribution < 1.29 is 9.47 Å². The van der Waals surface area contributed by atoms with Gasteiger partial charge in [-0.05, 0) is 43.7 Å². The highest BCUT2D eigenvalue weighted by Crippen LogP contribution is 2.49. The Balaban J connectivity index is 1.94. The molecule has 0 aromatic heterocycles. The molecule has 1 aromatic rings. The average molecular weight is 264 g/mol. The monoisotopic (exact) mass is 264 g/mol. The van der Waals surface area contributed by atoms with Crippen LogP contribution in [0, 0.1) is 5.41 Å². The van der Waals surface area contributed by atoms with Gasteiger partial charge in [-0.2, -0.15) is 0 Å². The van der Waals surface area contributed by atoms with Crippen LogP contribution in [0.5, 0.6) is 5.75 Å². The van der Waals surface area contributed by atoms with Crippen LogP contribution >= 0.6 is 0 Å². The second-order valence-electron chi connectivity index (χ2n) is 5.25. The van der Waals surface area contributed by atoms with Gasteiger partial charge in [0, 0.05) is 20.3 Å². The highest BCUT2D eigenvalue weighted by atomic mass is 16.5. The summed E-state index contributed by atoms with van der Waals surface area (Å²) in [5.74, 6) is 0.759. The summed E-state index contributed by atoms with van der Waals surface area (Å²) in [7, 11) is 1.76. The number of para-hydroxylation sites is 1. The number of nitrogens with two attached hydrogens (primary N) is 1. The van der Waals surface area contributed by atoms with Gasteiger partial charge in [-0.1, -0.05) is 6.07 Å². The van der Waals surface area contributed by atoms with Crippen molar-refractivity contribution >= 4 is 11.4 Å². The average Bonchev–Trinajstić information content (AvgIpc) is 3.18. The zero-order valence-electron chi connectivity index (χ0n) is 11.9. The van der Waals surface area contributed by atoms with Crippen molar-refractivity contribution in [2.24, 2.45) is 5.41 Å². The van der Waals surface area contributed by atoms with Gasteiger partial charge in [0.05, 0.1) is 18.0 Å². The Kier molecular flexibility index (Phi) is 4.53. The third-order valence-electron chi connectivity index (χ3n) is 3.81. The molecule has 2 rings (SSSR count). The molecule has 4 nitrogen and oxygen atoms in total. The lowest BCUT2D eigenvalue weighted by Gasteiger charge is -2.18. The van der Waals surface area contributed by atoms with Gasteiger partial charge in [0.15, 0.2) is 0 Å². The lowest BCUT2D eigenvalue weighted by atomic mass is 10.0. The Morgan fingerprint density at radius 1 is 1.37 bits per heavy atom. The maximum atomic E-state index is 6.11. The summed E-state index contributed by atoms with van der Waals surface area (Å²) in [4.78, 5) is 0. The molecule has 1 fully saturated rings. The van der Waals surface area contributed by atoms with E-state index in [2.05, 4.69) is 5.32 Å². The molecule has 0 spiro atoms. The van der Waals surface area contributed by atoms with E-state index in [1.54, 1.807) is 7.11 Å². The van der Waals surface area contributed by atoms with E-state index in [-0.39, 0.29) is 0 Å². The predicted molar refractivity (Wildman–Crippen MR) is 78.7 cm³/mol. The van der Waals surface area contributed by atoms with Crippen molar-refractivity contribution in [2.45, 2.75) is 26.2 Å². The molecule has 0 saturated heterocycles. The van der Waals surface area contributed by atoms with E-state index in [1.165, 1.54) is 12.8 Å². The standard InChI is InChI=1S/C15H24N2O2/c1-3-19-13-6-4-5-12(14(13)16)17-11-15(7-8-15)9-10-18-2/h4-6,17H,3,7-11,16H2,1-2H3.